The lowest BCUT2D eigenvalue weighted by molar-refractivity contribution is 0.0154. The molecule has 0 unspecified atom stereocenters. The van der Waals surface area contributed by atoms with Gasteiger partial charge in [0.2, 0.25) is 0 Å². The molecule has 0 aromatic heterocycles. The number of hydrogen-bond acceptors (Lipinski definition) is 2. The molecule has 0 bridgehead atoms. The molecule has 0 amide bonds. The highest BCUT2D eigenvalue weighted by molar-refractivity contribution is 4.91. The molecule has 0 saturated heterocycles. The van der Waals surface area contributed by atoms with E-state index < -0.39 is 5.60 Å². The predicted octanol–water partition coefficient (Wildman–Crippen LogP) is 3.38. The van der Waals surface area contributed by atoms with E-state index in [1.807, 2.05) is 0 Å². The number of β-amino-alcohol motifs (C(OH)–C–C–N with tert-alkyl or cyclic N) is 1. The standard InChI is InChI=1S/C15H29NO/c1-14(9-5-4-6-10-14)16-13-15(17)11-7-2-3-8-12-15/h16-17H,2-13H2,1H3. The fraction of sp³-hybridized carbons (Fsp3) is 1.00. The lowest BCUT2D eigenvalue weighted by Gasteiger charge is -2.38. The van der Waals surface area contributed by atoms with Gasteiger partial charge >= 0.3 is 0 Å². The molecule has 0 aliphatic heterocycles. The molecule has 2 N–H and O–H groups in total. The number of hydrogen-bond donors (Lipinski definition) is 2. The second-order valence-electron chi connectivity index (χ2n) is 6.61. The summed E-state index contributed by atoms with van der Waals surface area (Å²) < 4.78 is 0. The zero-order valence-corrected chi connectivity index (χ0v) is 11.4. The summed E-state index contributed by atoms with van der Waals surface area (Å²) in [5.41, 5.74) is -0.128. The van der Waals surface area contributed by atoms with Crippen molar-refractivity contribution in [2.24, 2.45) is 0 Å². The molecule has 2 aliphatic carbocycles. The fourth-order valence-corrected chi connectivity index (χ4v) is 3.45. The van der Waals surface area contributed by atoms with E-state index >= 15 is 0 Å². The maximum atomic E-state index is 10.6. The highest BCUT2D eigenvalue weighted by atomic mass is 16.3. The Balaban J connectivity index is 1.82. The Morgan fingerprint density at radius 2 is 1.29 bits per heavy atom. The molecule has 100 valence electrons. The Hall–Kier alpha value is -0.0800. The molecule has 2 fully saturated rings. The third-order valence-electron chi connectivity index (χ3n) is 4.84. The van der Waals surface area contributed by atoms with Gasteiger partial charge in [-0.1, -0.05) is 44.9 Å². The first-order valence-electron chi connectivity index (χ1n) is 7.59. The predicted molar refractivity (Wildman–Crippen MR) is 72.1 cm³/mol. The van der Waals surface area contributed by atoms with Gasteiger partial charge in [0.15, 0.2) is 0 Å². The van der Waals surface area contributed by atoms with Crippen LogP contribution in [0.5, 0.6) is 0 Å². The van der Waals surface area contributed by atoms with Crippen molar-refractivity contribution >= 4 is 0 Å². The average molecular weight is 239 g/mol. The summed E-state index contributed by atoms with van der Waals surface area (Å²) in [6, 6.07) is 0. The molecular weight excluding hydrogens is 210 g/mol. The second kappa shape index (κ2) is 5.71. The van der Waals surface area contributed by atoms with E-state index in [1.54, 1.807) is 0 Å². The molecule has 0 aromatic rings. The minimum Gasteiger partial charge on any atom is -0.389 e. The Bertz CT molecular complexity index is 225. The van der Waals surface area contributed by atoms with Gasteiger partial charge in [-0.05, 0) is 32.6 Å². The van der Waals surface area contributed by atoms with Crippen molar-refractivity contribution in [3.05, 3.63) is 0 Å². The Morgan fingerprint density at radius 3 is 1.88 bits per heavy atom. The van der Waals surface area contributed by atoms with Crippen LogP contribution in [0.15, 0.2) is 0 Å². The van der Waals surface area contributed by atoms with Crippen LogP contribution in [-0.4, -0.2) is 22.8 Å². The van der Waals surface area contributed by atoms with E-state index in [0.717, 1.165) is 19.4 Å². The maximum absolute atomic E-state index is 10.6. The Morgan fingerprint density at radius 1 is 0.824 bits per heavy atom. The van der Waals surface area contributed by atoms with Gasteiger partial charge in [-0.3, -0.25) is 0 Å². The van der Waals surface area contributed by atoms with E-state index in [-0.39, 0.29) is 0 Å². The molecule has 2 aliphatic rings. The van der Waals surface area contributed by atoms with Crippen LogP contribution in [0.25, 0.3) is 0 Å². The summed E-state index contributed by atoms with van der Waals surface area (Å²) in [6.07, 6.45) is 13.7. The number of aliphatic hydroxyl groups is 1. The van der Waals surface area contributed by atoms with Gasteiger partial charge in [0.1, 0.15) is 0 Å². The third-order valence-corrected chi connectivity index (χ3v) is 4.84. The first-order valence-corrected chi connectivity index (χ1v) is 7.59. The number of nitrogens with one attached hydrogen (secondary N) is 1. The summed E-state index contributed by atoms with van der Waals surface area (Å²) in [7, 11) is 0. The van der Waals surface area contributed by atoms with Crippen molar-refractivity contribution in [1.82, 2.24) is 5.32 Å². The molecule has 0 spiro atoms. The van der Waals surface area contributed by atoms with Crippen LogP contribution < -0.4 is 5.32 Å². The summed E-state index contributed by atoms with van der Waals surface area (Å²) in [5.74, 6) is 0. The van der Waals surface area contributed by atoms with Crippen LogP contribution in [0.2, 0.25) is 0 Å². The van der Waals surface area contributed by atoms with Gasteiger partial charge in [-0.2, -0.15) is 0 Å². The second-order valence-corrected chi connectivity index (χ2v) is 6.61. The summed E-state index contributed by atoms with van der Waals surface area (Å²) in [6.45, 7) is 3.15. The van der Waals surface area contributed by atoms with Crippen molar-refractivity contribution in [1.29, 1.82) is 0 Å². The van der Waals surface area contributed by atoms with Crippen molar-refractivity contribution in [2.45, 2.75) is 88.7 Å². The lowest BCUT2D eigenvalue weighted by atomic mass is 9.82. The van der Waals surface area contributed by atoms with Crippen LogP contribution in [-0.2, 0) is 0 Å². The largest absolute Gasteiger partial charge is 0.389 e. The minimum atomic E-state index is -0.420. The molecule has 0 radical (unpaired) electrons. The Labute approximate surface area is 106 Å². The smallest absolute Gasteiger partial charge is 0.0771 e. The maximum Gasteiger partial charge on any atom is 0.0771 e. The summed E-state index contributed by atoms with van der Waals surface area (Å²) in [4.78, 5) is 0. The van der Waals surface area contributed by atoms with Crippen molar-refractivity contribution < 1.29 is 5.11 Å². The van der Waals surface area contributed by atoms with Crippen molar-refractivity contribution in [3.63, 3.8) is 0 Å². The van der Waals surface area contributed by atoms with Crippen LogP contribution in [0.3, 0.4) is 0 Å². The fourth-order valence-electron chi connectivity index (χ4n) is 3.45. The van der Waals surface area contributed by atoms with Gasteiger partial charge in [-0.25, -0.2) is 0 Å². The van der Waals surface area contributed by atoms with E-state index in [9.17, 15) is 5.11 Å². The molecule has 17 heavy (non-hydrogen) atoms. The van der Waals surface area contributed by atoms with E-state index in [1.165, 1.54) is 57.8 Å². The van der Waals surface area contributed by atoms with Gasteiger partial charge in [0, 0.05) is 12.1 Å². The van der Waals surface area contributed by atoms with E-state index in [2.05, 4.69) is 12.2 Å². The molecule has 0 atom stereocenters. The highest BCUT2D eigenvalue weighted by Crippen LogP contribution is 2.30. The van der Waals surface area contributed by atoms with Crippen LogP contribution in [0.1, 0.15) is 77.6 Å². The monoisotopic (exact) mass is 239 g/mol. The topological polar surface area (TPSA) is 32.3 Å². The van der Waals surface area contributed by atoms with Gasteiger partial charge in [-0.15, -0.1) is 0 Å². The third kappa shape index (κ3) is 3.96. The van der Waals surface area contributed by atoms with Crippen LogP contribution >= 0.6 is 0 Å². The minimum absolute atomic E-state index is 0.292. The Kier molecular flexibility index (Phi) is 4.48. The molecule has 2 nitrogen and oxygen atoms in total. The molecule has 0 aromatic carbocycles. The molecule has 2 saturated carbocycles. The van der Waals surface area contributed by atoms with Gasteiger partial charge < -0.3 is 10.4 Å². The zero-order valence-electron chi connectivity index (χ0n) is 11.4. The summed E-state index contributed by atoms with van der Waals surface area (Å²) in [5, 5.41) is 14.3. The molecule has 2 rings (SSSR count). The first kappa shape index (κ1) is 13.4. The molecule has 0 heterocycles. The molecule has 2 heteroatoms. The van der Waals surface area contributed by atoms with Crippen LogP contribution in [0.4, 0.5) is 0 Å². The van der Waals surface area contributed by atoms with Gasteiger partial charge in [0.25, 0.3) is 0 Å². The SMILES string of the molecule is CC1(NCC2(O)CCCCCC2)CCCCC1. The normalized spacial score (nSPS) is 28.6. The highest BCUT2D eigenvalue weighted by Gasteiger charge is 2.32. The van der Waals surface area contributed by atoms with Crippen molar-refractivity contribution in [2.75, 3.05) is 6.54 Å². The lowest BCUT2D eigenvalue weighted by Crippen LogP contribution is -2.51. The molecular formula is C15H29NO. The first-order chi connectivity index (χ1) is 8.12. The summed E-state index contributed by atoms with van der Waals surface area (Å²) >= 11 is 0. The quantitative estimate of drug-likeness (QED) is 0.740. The van der Waals surface area contributed by atoms with Crippen molar-refractivity contribution in [3.8, 4) is 0 Å². The average Bonchev–Trinajstić information content (AvgIpc) is 2.54. The van der Waals surface area contributed by atoms with Gasteiger partial charge in [0.05, 0.1) is 5.60 Å². The van der Waals surface area contributed by atoms with E-state index in [4.69, 9.17) is 0 Å². The van der Waals surface area contributed by atoms with E-state index in [0.29, 0.717) is 5.54 Å². The number of rotatable bonds is 3. The van der Waals surface area contributed by atoms with Crippen LogP contribution in [0, 0.1) is 0 Å². The zero-order chi connectivity index (χ0) is 12.2.